The third-order valence-electron chi connectivity index (χ3n) is 10.9. The zero-order chi connectivity index (χ0) is 52.7. The van der Waals surface area contributed by atoms with Gasteiger partial charge in [-0.1, -0.05) is 68.1 Å². The van der Waals surface area contributed by atoms with Gasteiger partial charge in [-0.25, -0.2) is 0 Å². The Labute approximate surface area is 478 Å². The number of phenols is 4. The van der Waals surface area contributed by atoms with E-state index in [-0.39, 0.29) is 115 Å². The first kappa shape index (κ1) is 62.9. The fourth-order valence-electron chi connectivity index (χ4n) is 6.89. The predicted octanol–water partition coefficient (Wildman–Crippen LogP) is 10.5. The molecule has 0 saturated carbocycles. The monoisotopic (exact) mass is 1170 g/mol. The van der Waals surface area contributed by atoms with Gasteiger partial charge in [0.25, 0.3) is 11.1 Å². The SMILES string of the molecule is C.Cc1c(C=Nc2ccccc2N=Cc2c(O)[nH]c(=O)c(C#N)c2C)c(O)[nH]c(=O)c1C#N.Oc1ccccc1C=Nc1cc(N=Cc2ccccc2O)c(N=Cc2ccccc2O)cc1N=Cc1ccccc1O.[Fe].[Fe].[Fe]. The summed E-state index contributed by atoms with van der Waals surface area (Å²) >= 11 is 0. The molecule has 8 N–H and O–H groups in total. The smallest absolute Gasteiger partial charge is 0.268 e. The van der Waals surface area contributed by atoms with E-state index in [4.69, 9.17) is 10.5 Å². The molecule has 0 amide bonds. The number of hydrogen-bond donors (Lipinski definition) is 8. The van der Waals surface area contributed by atoms with E-state index >= 15 is 0 Å². The molecular formula is C57H46Fe3N10O8. The second-order valence-corrected chi connectivity index (χ2v) is 15.8. The standard InChI is InChI=1S/C34H26N4O4.C22H16N6O4.CH4.3Fe/c39-31-13-5-1-9-23(31)19-35-27-17-29(37-21-25-11-3-7-15-33(25)41)30(38-22-26-12-4-8-16-34(26)42)18-28(27)36-20-24-10-2-6-14-32(24)40;1-11-13(7-23)19(29)27-21(31)15(11)9-25-17-5-3-4-6-18(17)26-10-16-12(2)14(8-24)20(30)28-22(16)32;;;;/h1-22,39-42H;3-6,9-10H,1-2H3,(H2,27,29,31)(H2,28,30,32);1H4;;;. The average Bonchev–Trinajstić information content (AvgIpc) is 3.39. The van der Waals surface area contributed by atoms with Crippen LogP contribution < -0.4 is 11.1 Å². The molecule has 0 aliphatic rings. The molecule has 0 aliphatic carbocycles. The number of H-pyrrole nitrogens is 2. The number of aromatic hydroxyl groups is 6. The van der Waals surface area contributed by atoms with E-state index in [2.05, 4.69) is 39.9 Å². The van der Waals surface area contributed by atoms with Gasteiger partial charge in [0.05, 0.1) is 45.3 Å². The summed E-state index contributed by atoms with van der Waals surface area (Å²) in [6.45, 7) is 3.04. The third kappa shape index (κ3) is 15.6. The molecule has 0 saturated heterocycles. The first-order valence-electron chi connectivity index (χ1n) is 22.1. The third-order valence-corrected chi connectivity index (χ3v) is 10.9. The largest absolute Gasteiger partial charge is 0.507 e. The summed E-state index contributed by atoms with van der Waals surface area (Å²) in [6.07, 6.45) is 8.67. The van der Waals surface area contributed by atoms with Crippen LogP contribution in [0.1, 0.15) is 63.1 Å². The molecule has 18 nitrogen and oxygen atoms in total. The minimum absolute atomic E-state index is 0. The molecule has 0 bridgehead atoms. The van der Waals surface area contributed by atoms with Crippen LogP contribution >= 0.6 is 0 Å². The Kier molecular flexibility index (Phi) is 23.9. The van der Waals surface area contributed by atoms with Crippen molar-refractivity contribution in [1.29, 1.82) is 10.5 Å². The molecule has 78 heavy (non-hydrogen) atoms. The van der Waals surface area contributed by atoms with Gasteiger partial charge in [-0.2, -0.15) is 10.5 Å². The number of aliphatic imine (C=N–C) groups is 6. The van der Waals surface area contributed by atoms with Crippen LogP contribution in [0.25, 0.3) is 0 Å². The number of hydrogen-bond acceptors (Lipinski definition) is 16. The van der Waals surface area contributed by atoms with Gasteiger partial charge in [0.15, 0.2) is 0 Å². The van der Waals surface area contributed by atoms with Crippen molar-refractivity contribution in [3.63, 3.8) is 0 Å². The van der Waals surface area contributed by atoms with Crippen LogP contribution in [0, 0.1) is 36.5 Å². The van der Waals surface area contributed by atoms with Crippen molar-refractivity contribution in [2.75, 3.05) is 0 Å². The van der Waals surface area contributed by atoms with Gasteiger partial charge in [0.1, 0.15) is 46.3 Å². The number of para-hydroxylation sites is 6. The summed E-state index contributed by atoms with van der Waals surface area (Å²) in [7, 11) is 0. The molecule has 0 unspecified atom stereocenters. The van der Waals surface area contributed by atoms with E-state index in [1.54, 1.807) is 146 Å². The Morgan fingerprint density at radius 1 is 0.397 bits per heavy atom. The molecule has 2 heterocycles. The van der Waals surface area contributed by atoms with Crippen LogP contribution in [0.15, 0.2) is 173 Å². The van der Waals surface area contributed by atoms with E-state index in [0.717, 1.165) is 0 Å². The average molecular weight is 1170 g/mol. The van der Waals surface area contributed by atoms with Crippen LogP contribution in [-0.4, -0.2) is 77.9 Å². The van der Waals surface area contributed by atoms with E-state index in [9.17, 15) is 40.2 Å². The molecule has 0 spiro atoms. The van der Waals surface area contributed by atoms with Crippen molar-refractivity contribution < 1.29 is 81.8 Å². The van der Waals surface area contributed by atoms with Crippen molar-refractivity contribution in [3.8, 4) is 46.9 Å². The maximum absolute atomic E-state index is 11.7. The summed E-state index contributed by atoms with van der Waals surface area (Å²) in [6, 6.07) is 40.9. The summed E-state index contributed by atoms with van der Waals surface area (Å²) in [5, 5.41) is 79.4. The van der Waals surface area contributed by atoms with Crippen molar-refractivity contribution in [2.24, 2.45) is 30.0 Å². The number of aromatic nitrogens is 2. The van der Waals surface area contributed by atoms with Gasteiger partial charge in [-0.05, 0) is 97.8 Å². The van der Waals surface area contributed by atoms with Gasteiger partial charge >= 0.3 is 0 Å². The van der Waals surface area contributed by atoms with Crippen molar-refractivity contribution >= 4 is 71.4 Å². The number of nitriles is 2. The summed E-state index contributed by atoms with van der Waals surface area (Å²) in [5.41, 5.74) is 3.69. The number of benzene rings is 6. The normalized spacial score (nSPS) is 10.9. The van der Waals surface area contributed by atoms with Crippen LogP contribution in [-0.2, 0) is 51.2 Å². The fraction of sp³-hybridized carbons (Fsp3) is 0.0526. The number of phenolic OH excluding ortho intramolecular Hbond substituents is 4. The zero-order valence-corrected chi connectivity index (χ0v) is 43.6. The number of nitrogens with zero attached hydrogens (tertiary/aromatic N) is 8. The van der Waals surface area contributed by atoms with E-state index in [1.807, 2.05) is 0 Å². The second kappa shape index (κ2) is 29.6. The van der Waals surface area contributed by atoms with Gasteiger partial charge in [-0.15, -0.1) is 0 Å². The predicted molar refractivity (Wildman–Crippen MR) is 292 cm³/mol. The Bertz CT molecular complexity index is 3460. The van der Waals surface area contributed by atoms with Crippen molar-refractivity contribution in [3.05, 3.63) is 210 Å². The maximum Gasteiger partial charge on any atom is 0.268 e. The minimum atomic E-state index is -0.697. The van der Waals surface area contributed by atoms with Gasteiger partial charge < -0.3 is 30.6 Å². The molecule has 0 fully saturated rings. The van der Waals surface area contributed by atoms with E-state index in [0.29, 0.717) is 56.4 Å². The van der Waals surface area contributed by atoms with Crippen LogP contribution in [0.2, 0.25) is 0 Å². The van der Waals surface area contributed by atoms with Crippen LogP contribution in [0.5, 0.6) is 34.8 Å². The molecule has 8 aromatic rings. The molecule has 396 valence electrons. The number of aromatic amines is 2. The Balaban J connectivity index is 0.000000403. The number of nitrogens with one attached hydrogen (secondary N) is 2. The molecule has 0 aliphatic heterocycles. The quantitative estimate of drug-likeness (QED) is 0.0422. The van der Waals surface area contributed by atoms with Crippen LogP contribution in [0.3, 0.4) is 0 Å². The van der Waals surface area contributed by atoms with Crippen LogP contribution in [0.4, 0.5) is 34.1 Å². The zero-order valence-electron chi connectivity index (χ0n) is 40.3. The molecule has 2 aromatic heterocycles. The summed E-state index contributed by atoms with van der Waals surface area (Å²) in [4.78, 5) is 54.9. The van der Waals surface area contributed by atoms with Gasteiger partial charge in [0, 0.05) is 111 Å². The van der Waals surface area contributed by atoms with Gasteiger partial charge in [-0.3, -0.25) is 49.5 Å². The molecular weight excluding hydrogens is 1120 g/mol. The Morgan fingerprint density at radius 3 is 0.897 bits per heavy atom. The molecule has 0 atom stereocenters. The number of rotatable bonds is 12. The van der Waals surface area contributed by atoms with Crippen molar-refractivity contribution in [2.45, 2.75) is 21.3 Å². The molecule has 0 radical (unpaired) electrons. The van der Waals surface area contributed by atoms with E-state index < -0.39 is 22.9 Å². The summed E-state index contributed by atoms with van der Waals surface area (Å²) < 4.78 is 0. The molecule has 8 rings (SSSR count). The first-order chi connectivity index (χ1) is 35.8. The Hall–Kier alpha value is -9.42. The maximum atomic E-state index is 11.7. The first-order valence-corrected chi connectivity index (χ1v) is 22.1. The second-order valence-electron chi connectivity index (χ2n) is 15.8. The fourth-order valence-corrected chi connectivity index (χ4v) is 6.89. The molecule has 6 aromatic carbocycles. The summed E-state index contributed by atoms with van der Waals surface area (Å²) in [5.74, 6) is -0.558. The molecule has 21 heteroatoms. The van der Waals surface area contributed by atoms with Crippen molar-refractivity contribution in [1.82, 2.24) is 9.97 Å². The minimum Gasteiger partial charge on any atom is -0.507 e. The van der Waals surface area contributed by atoms with E-state index in [1.165, 1.54) is 51.1 Å². The topological polar surface area (TPSA) is 309 Å². The van der Waals surface area contributed by atoms with Gasteiger partial charge in [0.2, 0.25) is 11.8 Å². The number of pyridine rings is 2. The Morgan fingerprint density at radius 2 is 0.641 bits per heavy atom.